The van der Waals surface area contributed by atoms with Crippen LogP contribution in [-0.2, 0) is 15.5 Å². The molecule has 12 heavy (non-hydrogen) atoms. The summed E-state index contributed by atoms with van der Waals surface area (Å²) >= 11 is -2.20. The summed E-state index contributed by atoms with van der Waals surface area (Å²) in [6.45, 7) is 0.0210. The topological polar surface area (TPSA) is 58.6 Å². The van der Waals surface area contributed by atoms with Crippen molar-refractivity contribution in [1.82, 2.24) is 0 Å². The maximum Gasteiger partial charge on any atom is 0.303 e. The van der Waals surface area contributed by atoms with Gasteiger partial charge in [0, 0.05) is 5.69 Å². The van der Waals surface area contributed by atoms with Gasteiger partial charge in [-0.1, -0.05) is 18.2 Å². The van der Waals surface area contributed by atoms with Gasteiger partial charge in [-0.25, -0.2) is 4.18 Å². The van der Waals surface area contributed by atoms with E-state index in [1.807, 2.05) is 30.3 Å². The van der Waals surface area contributed by atoms with Crippen LogP contribution in [0.25, 0.3) is 0 Å². The van der Waals surface area contributed by atoms with Gasteiger partial charge in [-0.15, -0.1) is 0 Å². The van der Waals surface area contributed by atoms with E-state index in [-0.39, 0.29) is 6.73 Å². The van der Waals surface area contributed by atoms with Gasteiger partial charge in [0.2, 0.25) is 0 Å². The van der Waals surface area contributed by atoms with Crippen LogP contribution in [0, 0.1) is 0 Å². The van der Waals surface area contributed by atoms with E-state index in [0.29, 0.717) is 0 Å². The quantitative estimate of drug-likeness (QED) is 0.549. The zero-order valence-electron chi connectivity index (χ0n) is 6.27. The Balaban J connectivity index is 2.29. The van der Waals surface area contributed by atoms with Crippen LogP contribution in [0.15, 0.2) is 30.3 Å². The van der Waals surface area contributed by atoms with Crippen molar-refractivity contribution in [2.45, 2.75) is 0 Å². The molecule has 66 valence electrons. The molecule has 2 N–H and O–H groups in total. The van der Waals surface area contributed by atoms with E-state index in [1.54, 1.807) is 0 Å². The Morgan fingerprint density at radius 1 is 1.42 bits per heavy atom. The molecule has 5 heteroatoms. The van der Waals surface area contributed by atoms with Crippen LogP contribution in [-0.4, -0.2) is 15.5 Å². The highest BCUT2D eigenvalue weighted by Gasteiger charge is 1.92. The van der Waals surface area contributed by atoms with Gasteiger partial charge in [0.15, 0.2) is 0 Å². The third kappa shape index (κ3) is 3.47. The third-order valence-electron chi connectivity index (χ3n) is 1.21. The lowest BCUT2D eigenvalue weighted by atomic mass is 10.3. The molecule has 1 aromatic rings. The highest BCUT2D eigenvalue weighted by atomic mass is 32.2. The van der Waals surface area contributed by atoms with E-state index in [9.17, 15) is 4.21 Å². The highest BCUT2D eigenvalue weighted by molar-refractivity contribution is 7.74. The minimum atomic E-state index is -2.20. The molecule has 0 fully saturated rings. The zero-order valence-corrected chi connectivity index (χ0v) is 7.08. The first-order valence-corrected chi connectivity index (χ1v) is 4.35. The summed E-state index contributed by atoms with van der Waals surface area (Å²) in [5.74, 6) is 0. The molecule has 1 unspecified atom stereocenters. The molecule has 0 bridgehead atoms. The van der Waals surface area contributed by atoms with Crippen molar-refractivity contribution in [2.75, 3.05) is 12.0 Å². The van der Waals surface area contributed by atoms with E-state index >= 15 is 0 Å². The van der Waals surface area contributed by atoms with Crippen LogP contribution in [0.1, 0.15) is 0 Å². The van der Waals surface area contributed by atoms with Gasteiger partial charge >= 0.3 is 11.4 Å². The van der Waals surface area contributed by atoms with E-state index in [2.05, 4.69) is 9.50 Å². The Bertz CT molecular complexity index is 252. The molecular weight excluding hydrogens is 178 g/mol. The Kier molecular flexibility index (Phi) is 3.72. The molecule has 0 aliphatic rings. The van der Waals surface area contributed by atoms with E-state index in [4.69, 9.17) is 4.55 Å². The molecule has 0 aliphatic heterocycles. The van der Waals surface area contributed by atoms with Crippen molar-refractivity contribution in [1.29, 1.82) is 0 Å². The molecule has 1 rings (SSSR count). The Morgan fingerprint density at radius 3 is 2.67 bits per heavy atom. The van der Waals surface area contributed by atoms with Crippen molar-refractivity contribution in [3.8, 4) is 0 Å². The second kappa shape index (κ2) is 4.87. The van der Waals surface area contributed by atoms with Crippen LogP contribution >= 0.6 is 0 Å². The van der Waals surface area contributed by atoms with Crippen LogP contribution in [0.4, 0.5) is 5.69 Å². The van der Waals surface area contributed by atoms with Crippen molar-refractivity contribution in [2.24, 2.45) is 0 Å². The first-order valence-electron chi connectivity index (χ1n) is 3.32. The molecule has 0 amide bonds. The van der Waals surface area contributed by atoms with Crippen molar-refractivity contribution in [3.63, 3.8) is 0 Å². The lowest BCUT2D eigenvalue weighted by Crippen LogP contribution is -2.07. The van der Waals surface area contributed by atoms with Crippen molar-refractivity contribution >= 4 is 17.0 Å². The lowest BCUT2D eigenvalue weighted by molar-refractivity contribution is 0.330. The standard InChI is InChI=1S/C7H9NO3S/c9-12(10)11-6-8-7-4-2-1-3-5-7/h1-5,8H,6H2,(H,9,10). The lowest BCUT2D eigenvalue weighted by Gasteiger charge is -2.02. The number of hydrogen-bond donors (Lipinski definition) is 2. The molecule has 0 saturated carbocycles. The number of nitrogens with one attached hydrogen (secondary N) is 1. The summed E-state index contributed by atoms with van der Waals surface area (Å²) in [5, 5.41) is 2.80. The molecule has 1 atom stereocenters. The predicted molar refractivity (Wildman–Crippen MR) is 46.8 cm³/mol. The smallest absolute Gasteiger partial charge is 0.303 e. The maximum atomic E-state index is 10.0. The first-order chi connectivity index (χ1) is 5.79. The summed E-state index contributed by atoms with van der Waals surface area (Å²) in [4.78, 5) is 0. The minimum absolute atomic E-state index is 0.0210. The van der Waals surface area contributed by atoms with Gasteiger partial charge in [-0.3, -0.25) is 4.55 Å². The average molecular weight is 187 g/mol. The second-order valence-corrected chi connectivity index (χ2v) is 2.69. The SMILES string of the molecule is O=S(O)OCNc1ccccc1. The van der Waals surface area contributed by atoms with Gasteiger partial charge in [0.05, 0.1) is 0 Å². The maximum absolute atomic E-state index is 10.0. The number of hydrogen-bond acceptors (Lipinski definition) is 3. The molecule has 0 heterocycles. The Morgan fingerprint density at radius 2 is 2.08 bits per heavy atom. The van der Waals surface area contributed by atoms with Crippen molar-refractivity contribution in [3.05, 3.63) is 30.3 Å². The number of para-hydroxylation sites is 1. The zero-order chi connectivity index (χ0) is 8.81. The van der Waals surface area contributed by atoms with Gasteiger partial charge in [0.1, 0.15) is 6.73 Å². The van der Waals surface area contributed by atoms with Gasteiger partial charge in [-0.05, 0) is 12.1 Å². The summed E-state index contributed by atoms with van der Waals surface area (Å²) in [7, 11) is 0. The highest BCUT2D eigenvalue weighted by Crippen LogP contribution is 2.03. The number of anilines is 1. The fourth-order valence-electron chi connectivity index (χ4n) is 0.719. The van der Waals surface area contributed by atoms with E-state index in [0.717, 1.165) is 5.69 Å². The fraction of sp³-hybridized carbons (Fsp3) is 0.143. The third-order valence-corrected chi connectivity index (χ3v) is 1.53. The number of benzene rings is 1. The van der Waals surface area contributed by atoms with Crippen LogP contribution in [0.5, 0.6) is 0 Å². The van der Waals surface area contributed by atoms with Crippen LogP contribution in [0.2, 0.25) is 0 Å². The minimum Gasteiger partial charge on any atom is -0.362 e. The molecule has 0 aliphatic carbocycles. The normalized spacial score (nSPS) is 12.4. The predicted octanol–water partition coefficient (Wildman–Crippen LogP) is 1.21. The van der Waals surface area contributed by atoms with Gasteiger partial charge in [0.25, 0.3) is 0 Å². The van der Waals surface area contributed by atoms with E-state index in [1.165, 1.54) is 0 Å². The summed E-state index contributed by atoms with van der Waals surface area (Å²) < 4.78 is 22.6. The molecular formula is C7H9NO3S. The first kappa shape index (κ1) is 9.18. The Labute approximate surface area is 73.0 Å². The summed E-state index contributed by atoms with van der Waals surface area (Å²) in [5.41, 5.74) is 0.850. The van der Waals surface area contributed by atoms with Crippen LogP contribution < -0.4 is 5.32 Å². The molecule has 0 spiro atoms. The average Bonchev–Trinajstić information content (AvgIpc) is 2.05. The second-order valence-electron chi connectivity index (χ2n) is 2.02. The van der Waals surface area contributed by atoms with Crippen LogP contribution in [0.3, 0.4) is 0 Å². The fourth-order valence-corrected chi connectivity index (χ4v) is 0.879. The molecule has 1 aromatic carbocycles. The molecule has 0 radical (unpaired) electrons. The largest absolute Gasteiger partial charge is 0.362 e. The molecule has 4 nitrogen and oxygen atoms in total. The monoisotopic (exact) mass is 187 g/mol. The van der Waals surface area contributed by atoms with Crippen molar-refractivity contribution < 1.29 is 12.9 Å². The Hall–Kier alpha value is -0.910. The summed E-state index contributed by atoms with van der Waals surface area (Å²) in [6, 6.07) is 9.28. The summed E-state index contributed by atoms with van der Waals surface area (Å²) in [6.07, 6.45) is 0. The van der Waals surface area contributed by atoms with Gasteiger partial charge in [-0.2, -0.15) is 4.21 Å². The molecule has 0 aromatic heterocycles. The molecule has 0 saturated heterocycles. The van der Waals surface area contributed by atoms with Gasteiger partial charge < -0.3 is 5.32 Å². The van der Waals surface area contributed by atoms with E-state index < -0.39 is 11.4 Å². The number of rotatable bonds is 4.